The Hall–Kier alpha value is -5.13. The maximum atomic E-state index is 15.2. The molecule has 0 aliphatic rings. The number of nitrogens with one attached hydrogen (secondary N) is 2. The molecule has 0 amide bonds. The summed E-state index contributed by atoms with van der Waals surface area (Å²) in [6.45, 7) is 1.25. The predicted molar refractivity (Wildman–Crippen MR) is 133 cm³/mol. The van der Waals surface area contributed by atoms with Crippen molar-refractivity contribution in [3.63, 3.8) is 0 Å². The number of ether oxygens (including phenoxy) is 1. The number of carbonyl (C=O) groups is 1. The molecular formula is C26H17F2N5O5. The van der Waals surface area contributed by atoms with E-state index in [1.807, 2.05) is 0 Å². The lowest BCUT2D eigenvalue weighted by Gasteiger charge is -2.12. The number of pyridine rings is 2. The average Bonchev–Trinajstić information content (AvgIpc) is 3.49. The van der Waals surface area contributed by atoms with Crippen LogP contribution in [0.4, 0.5) is 8.78 Å². The highest BCUT2D eigenvalue weighted by Crippen LogP contribution is 2.40. The van der Waals surface area contributed by atoms with Crippen LogP contribution >= 0.6 is 0 Å². The van der Waals surface area contributed by atoms with Gasteiger partial charge in [0.2, 0.25) is 5.95 Å². The van der Waals surface area contributed by atoms with E-state index in [4.69, 9.17) is 9.15 Å². The third-order valence-corrected chi connectivity index (χ3v) is 6.26. The first-order valence-corrected chi connectivity index (χ1v) is 11.5. The molecule has 12 heteroatoms. The molecule has 0 radical (unpaired) electrons. The summed E-state index contributed by atoms with van der Waals surface area (Å²) in [5.74, 6) is -2.41. The number of benzene rings is 1. The highest BCUT2D eigenvalue weighted by molar-refractivity contribution is 6.17. The second kappa shape index (κ2) is 8.76. The summed E-state index contributed by atoms with van der Waals surface area (Å²) in [7, 11) is 0. The normalized spacial score (nSPS) is 11.6. The van der Waals surface area contributed by atoms with Crippen molar-refractivity contribution in [1.82, 2.24) is 24.5 Å². The molecule has 5 heterocycles. The molecule has 0 atom stereocenters. The highest BCUT2D eigenvalue weighted by Gasteiger charge is 2.30. The minimum absolute atomic E-state index is 0.00239. The maximum absolute atomic E-state index is 15.2. The molecule has 1 aromatic carbocycles. The van der Waals surface area contributed by atoms with E-state index in [0.717, 1.165) is 6.33 Å². The zero-order valence-electron chi connectivity index (χ0n) is 19.7. The van der Waals surface area contributed by atoms with Gasteiger partial charge in [-0.2, -0.15) is 9.37 Å². The Kier molecular flexibility index (Phi) is 5.37. The minimum Gasteiger partial charge on any atom is -0.463 e. The first-order chi connectivity index (χ1) is 18.4. The molecule has 0 unspecified atom stereocenters. The van der Waals surface area contributed by atoms with Crippen LogP contribution < -0.4 is 11.1 Å². The van der Waals surface area contributed by atoms with Gasteiger partial charge in [-0.25, -0.2) is 14.2 Å². The molecule has 0 saturated carbocycles. The second-order valence-corrected chi connectivity index (χ2v) is 8.40. The van der Waals surface area contributed by atoms with Crippen molar-refractivity contribution in [1.29, 1.82) is 0 Å². The molecular weight excluding hydrogens is 500 g/mol. The summed E-state index contributed by atoms with van der Waals surface area (Å²) in [4.78, 5) is 51.3. The number of hydrogen-bond donors (Lipinski definition) is 2. The van der Waals surface area contributed by atoms with E-state index in [-0.39, 0.29) is 68.4 Å². The van der Waals surface area contributed by atoms with Crippen molar-refractivity contribution in [2.24, 2.45) is 0 Å². The van der Waals surface area contributed by atoms with Crippen LogP contribution in [0, 0.1) is 11.8 Å². The molecule has 0 aliphatic heterocycles. The molecule has 38 heavy (non-hydrogen) atoms. The summed E-state index contributed by atoms with van der Waals surface area (Å²) >= 11 is 0. The lowest BCUT2D eigenvalue weighted by molar-refractivity contribution is 0.0516. The van der Waals surface area contributed by atoms with E-state index >= 15 is 8.78 Å². The first kappa shape index (κ1) is 23.3. The molecule has 190 valence electrons. The number of esters is 1. The molecule has 10 nitrogen and oxygen atoms in total. The standard InChI is InChI=1S/C26H17F2N5O5/c1-2-37-26(36)20-18(14-4-3-6-29-24(14)34)19-17(9-16(27)13-5-7-38-21(13)19)33(20)10-12-8-15-23(32-22(12)28)30-11-31-25(15)35/h3-9,11H,2,10H2,1H3,(H,29,34)(H,30,31,32,35). The van der Waals surface area contributed by atoms with E-state index in [9.17, 15) is 14.4 Å². The molecule has 0 aliphatic carbocycles. The Balaban J connectivity index is 1.74. The van der Waals surface area contributed by atoms with Gasteiger partial charge in [0.05, 0.1) is 53.0 Å². The number of fused-ring (bicyclic) bond motifs is 4. The summed E-state index contributed by atoms with van der Waals surface area (Å²) in [6, 6.07) is 6.95. The third kappa shape index (κ3) is 3.49. The van der Waals surface area contributed by atoms with Gasteiger partial charge in [0.25, 0.3) is 11.1 Å². The van der Waals surface area contributed by atoms with Gasteiger partial charge in [0.15, 0.2) is 5.65 Å². The van der Waals surface area contributed by atoms with E-state index in [1.165, 1.54) is 41.3 Å². The number of carbonyl (C=O) groups excluding carboxylic acids is 1. The van der Waals surface area contributed by atoms with Crippen molar-refractivity contribution in [2.75, 3.05) is 6.61 Å². The Bertz CT molecular complexity index is 2020. The quantitative estimate of drug-likeness (QED) is 0.262. The summed E-state index contributed by atoms with van der Waals surface area (Å²) < 4.78 is 42.6. The third-order valence-electron chi connectivity index (χ3n) is 6.26. The summed E-state index contributed by atoms with van der Waals surface area (Å²) in [5.41, 5.74) is -0.878. The number of aromatic amines is 2. The van der Waals surface area contributed by atoms with Crippen molar-refractivity contribution >= 4 is 38.9 Å². The van der Waals surface area contributed by atoms with Crippen LogP contribution in [-0.4, -0.2) is 37.1 Å². The van der Waals surface area contributed by atoms with Gasteiger partial charge in [-0.05, 0) is 37.3 Å². The predicted octanol–water partition coefficient (Wildman–Crippen LogP) is 3.88. The van der Waals surface area contributed by atoms with Gasteiger partial charge in [0.1, 0.15) is 17.1 Å². The number of rotatable bonds is 5. The van der Waals surface area contributed by atoms with Crippen LogP contribution in [0.1, 0.15) is 23.0 Å². The molecule has 0 fully saturated rings. The number of halogens is 2. The monoisotopic (exact) mass is 517 g/mol. The molecule has 6 rings (SSSR count). The Morgan fingerprint density at radius 1 is 1.13 bits per heavy atom. The lowest BCUT2D eigenvalue weighted by atomic mass is 10.0. The van der Waals surface area contributed by atoms with E-state index in [0.29, 0.717) is 0 Å². The molecule has 0 spiro atoms. The number of aromatic nitrogens is 5. The fourth-order valence-corrected chi connectivity index (χ4v) is 4.66. The van der Waals surface area contributed by atoms with Gasteiger partial charge >= 0.3 is 5.97 Å². The van der Waals surface area contributed by atoms with Crippen molar-refractivity contribution in [2.45, 2.75) is 13.5 Å². The lowest BCUT2D eigenvalue weighted by Crippen LogP contribution is -2.17. The average molecular weight is 517 g/mol. The molecule has 2 N–H and O–H groups in total. The molecule has 6 aromatic rings. The Labute approximate surface area is 210 Å². The first-order valence-electron chi connectivity index (χ1n) is 11.5. The van der Waals surface area contributed by atoms with Crippen molar-refractivity contribution < 1.29 is 22.7 Å². The van der Waals surface area contributed by atoms with Crippen LogP contribution in [0.15, 0.2) is 63.1 Å². The van der Waals surface area contributed by atoms with Crippen LogP contribution in [0.3, 0.4) is 0 Å². The van der Waals surface area contributed by atoms with Gasteiger partial charge in [0, 0.05) is 17.3 Å². The fourth-order valence-electron chi connectivity index (χ4n) is 4.66. The number of hydrogen-bond acceptors (Lipinski definition) is 7. The van der Waals surface area contributed by atoms with Crippen LogP contribution in [-0.2, 0) is 11.3 Å². The van der Waals surface area contributed by atoms with Gasteiger partial charge < -0.3 is 23.7 Å². The zero-order valence-corrected chi connectivity index (χ0v) is 19.7. The number of furan rings is 1. The van der Waals surface area contributed by atoms with Crippen LogP contribution in [0.2, 0.25) is 0 Å². The SMILES string of the molecule is CCOC(=O)c1c(-c2ccc[nH]c2=O)c2c3occc3c(F)cc2n1Cc1cc2c(=O)[nH]cnc2nc1F. The van der Waals surface area contributed by atoms with Gasteiger partial charge in [-0.15, -0.1) is 0 Å². The van der Waals surface area contributed by atoms with E-state index < -0.39 is 28.9 Å². The molecule has 0 bridgehead atoms. The minimum atomic E-state index is -0.939. The maximum Gasteiger partial charge on any atom is 0.355 e. The second-order valence-electron chi connectivity index (χ2n) is 8.40. The summed E-state index contributed by atoms with van der Waals surface area (Å²) in [5, 5.41) is 0.423. The Morgan fingerprint density at radius 2 is 1.97 bits per heavy atom. The number of H-pyrrole nitrogens is 2. The smallest absolute Gasteiger partial charge is 0.355 e. The fraction of sp³-hybridized carbons (Fsp3) is 0.115. The Morgan fingerprint density at radius 3 is 2.76 bits per heavy atom. The van der Waals surface area contributed by atoms with Crippen LogP contribution in [0.25, 0.3) is 44.0 Å². The van der Waals surface area contributed by atoms with Crippen molar-refractivity contribution in [3.8, 4) is 11.1 Å². The van der Waals surface area contributed by atoms with Gasteiger partial charge in [-0.3, -0.25) is 9.59 Å². The molecule has 0 saturated heterocycles. The van der Waals surface area contributed by atoms with E-state index in [2.05, 4.69) is 19.9 Å². The number of nitrogens with zero attached hydrogens (tertiary/aromatic N) is 3. The zero-order chi connectivity index (χ0) is 26.6. The highest BCUT2D eigenvalue weighted by atomic mass is 19.1. The van der Waals surface area contributed by atoms with Gasteiger partial charge in [-0.1, -0.05) is 0 Å². The van der Waals surface area contributed by atoms with Crippen LogP contribution in [0.5, 0.6) is 0 Å². The summed E-state index contributed by atoms with van der Waals surface area (Å²) in [6.07, 6.45) is 3.83. The largest absolute Gasteiger partial charge is 0.463 e. The van der Waals surface area contributed by atoms with Crippen molar-refractivity contribution in [3.05, 3.63) is 92.8 Å². The topological polar surface area (TPSA) is 136 Å². The molecule has 5 aromatic heterocycles. The van der Waals surface area contributed by atoms with E-state index in [1.54, 1.807) is 13.0 Å².